The Morgan fingerprint density at radius 2 is 1.89 bits per heavy atom. The Morgan fingerprint density at radius 1 is 1.21 bits per heavy atom. The molecule has 2 aliphatic heterocycles. The molecule has 1 unspecified atom stereocenters. The van der Waals surface area contributed by atoms with Gasteiger partial charge in [0.1, 0.15) is 5.57 Å². The smallest absolute Gasteiger partial charge is 0.382 e. The number of hydrogen-bond donors (Lipinski definition) is 1. The van der Waals surface area contributed by atoms with Crippen molar-refractivity contribution < 1.29 is 27.9 Å². The number of anilines is 1. The zero-order chi connectivity index (χ0) is 20.5. The number of fused-ring (bicyclic) bond motifs is 2. The van der Waals surface area contributed by atoms with Crippen LogP contribution in [0.15, 0.2) is 39.4 Å². The fourth-order valence-corrected chi connectivity index (χ4v) is 5.17. The number of hydrogen-bond acceptors (Lipinski definition) is 8. The van der Waals surface area contributed by atoms with Gasteiger partial charge >= 0.3 is 13.6 Å². The third-order valence-electron chi connectivity index (χ3n) is 4.17. The minimum Gasteiger partial charge on any atom is -0.462 e. The van der Waals surface area contributed by atoms with Crippen LogP contribution in [0.5, 0.6) is 0 Å². The Balaban J connectivity index is 2.32. The van der Waals surface area contributed by atoms with Crippen molar-refractivity contribution in [2.24, 2.45) is 10.2 Å². The van der Waals surface area contributed by atoms with E-state index in [-0.39, 0.29) is 41.4 Å². The molecular formula is C17H19ClN3O6P. The Labute approximate surface area is 166 Å². The van der Waals surface area contributed by atoms with E-state index in [0.717, 1.165) is 0 Å². The molecule has 1 aromatic rings. The van der Waals surface area contributed by atoms with Crippen LogP contribution < -0.4 is 5.32 Å². The lowest BCUT2D eigenvalue weighted by Gasteiger charge is -2.22. The molecule has 3 rings (SSSR count). The molecule has 0 aromatic heterocycles. The summed E-state index contributed by atoms with van der Waals surface area (Å²) in [5.41, 5.74) is -1.97. The number of nitrogens with zero attached hydrogens (tertiary/aromatic N) is 2. The van der Waals surface area contributed by atoms with E-state index >= 15 is 0 Å². The van der Waals surface area contributed by atoms with Crippen LogP contribution >= 0.6 is 19.2 Å². The summed E-state index contributed by atoms with van der Waals surface area (Å²) in [6.07, 6.45) is 0. The summed E-state index contributed by atoms with van der Waals surface area (Å²) in [5.74, 6) is -1.55. The van der Waals surface area contributed by atoms with Gasteiger partial charge < -0.3 is 19.1 Å². The van der Waals surface area contributed by atoms with Gasteiger partial charge in [0, 0.05) is 16.3 Å². The van der Waals surface area contributed by atoms with Crippen molar-refractivity contribution in [1.82, 2.24) is 0 Å². The van der Waals surface area contributed by atoms with Crippen molar-refractivity contribution in [3.05, 3.63) is 39.8 Å². The molecule has 11 heteroatoms. The molecule has 0 radical (unpaired) electrons. The summed E-state index contributed by atoms with van der Waals surface area (Å²) >= 11 is 6.34. The summed E-state index contributed by atoms with van der Waals surface area (Å²) in [6.45, 7) is 4.93. The van der Waals surface area contributed by atoms with Gasteiger partial charge in [-0.25, -0.2) is 4.79 Å². The lowest BCUT2D eigenvalue weighted by Crippen LogP contribution is -2.37. The standard InChI is InChI=1S/C17H19ClN3O6P/c1-4-25-15(22)13-14(28(24,26-5-2)27-6-3)20-21-17(13)12-10(18)8-7-9-11(12)19-16(17)23/h7-9H,4-6H2,1-3H3,(H,19,23). The normalized spacial score (nSPS) is 20.6. The Kier molecular flexibility index (Phi) is 5.72. The van der Waals surface area contributed by atoms with Crippen molar-refractivity contribution >= 4 is 36.8 Å². The molecule has 0 saturated carbocycles. The van der Waals surface area contributed by atoms with Gasteiger partial charge in [-0.05, 0) is 32.9 Å². The second kappa shape index (κ2) is 7.75. The number of benzene rings is 1. The second-order valence-corrected chi connectivity index (χ2v) is 8.12. The Hall–Kier alpha value is -2.06. The van der Waals surface area contributed by atoms with Gasteiger partial charge in [-0.2, -0.15) is 5.11 Å². The third kappa shape index (κ3) is 2.99. The first-order valence-corrected chi connectivity index (χ1v) is 10.6. The van der Waals surface area contributed by atoms with E-state index in [1.165, 1.54) is 0 Å². The number of nitrogens with one attached hydrogen (secondary N) is 1. The predicted molar refractivity (Wildman–Crippen MR) is 101 cm³/mol. The highest BCUT2D eigenvalue weighted by Gasteiger charge is 2.61. The average Bonchev–Trinajstić information content (AvgIpc) is 3.17. The lowest BCUT2D eigenvalue weighted by atomic mass is 9.85. The number of rotatable bonds is 7. The SMILES string of the molecule is CCOC(=O)C1=C(P(=O)(OCC)OCC)N=NC12C(=O)Nc1cccc(Cl)c12. The van der Waals surface area contributed by atoms with Crippen LogP contribution in [-0.4, -0.2) is 31.7 Å². The molecule has 1 spiro atoms. The van der Waals surface area contributed by atoms with E-state index in [4.69, 9.17) is 25.4 Å². The zero-order valence-corrected chi connectivity index (χ0v) is 17.2. The molecule has 150 valence electrons. The summed E-state index contributed by atoms with van der Waals surface area (Å²) in [5, 5.41) is 10.8. The number of halogens is 1. The van der Waals surface area contributed by atoms with E-state index in [0.29, 0.717) is 5.69 Å². The van der Waals surface area contributed by atoms with Crippen molar-refractivity contribution in [1.29, 1.82) is 0 Å². The number of carbonyl (C=O) groups excluding carboxylic acids is 2. The number of amides is 1. The van der Waals surface area contributed by atoms with Crippen LogP contribution in [0, 0.1) is 0 Å². The first-order valence-electron chi connectivity index (χ1n) is 8.70. The molecular weight excluding hydrogens is 409 g/mol. The topological polar surface area (TPSA) is 116 Å². The molecule has 1 N–H and O–H groups in total. The Morgan fingerprint density at radius 3 is 2.50 bits per heavy atom. The minimum atomic E-state index is -4.04. The molecule has 2 aliphatic rings. The monoisotopic (exact) mass is 427 g/mol. The van der Waals surface area contributed by atoms with Gasteiger partial charge in [0.2, 0.25) is 5.54 Å². The maximum absolute atomic E-state index is 13.3. The summed E-state index contributed by atoms with van der Waals surface area (Å²) in [7, 11) is -4.04. The molecule has 28 heavy (non-hydrogen) atoms. The predicted octanol–water partition coefficient (Wildman–Crippen LogP) is 3.99. The van der Waals surface area contributed by atoms with Crippen molar-refractivity contribution in [2.45, 2.75) is 26.3 Å². The fourth-order valence-electron chi connectivity index (χ4n) is 3.17. The van der Waals surface area contributed by atoms with E-state index < -0.39 is 25.0 Å². The van der Waals surface area contributed by atoms with Gasteiger partial charge in [-0.15, -0.1) is 5.11 Å². The number of ether oxygens (including phenoxy) is 1. The van der Waals surface area contributed by atoms with Crippen LogP contribution in [0.1, 0.15) is 26.3 Å². The summed E-state index contributed by atoms with van der Waals surface area (Å²) < 4.78 is 29.1. The van der Waals surface area contributed by atoms with Gasteiger partial charge in [-0.1, -0.05) is 17.7 Å². The molecule has 1 amide bonds. The zero-order valence-electron chi connectivity index (χ0n) is 15.5. The van der Waals surface area contributed by atoms with Crippen LogP contribution in [0.3, 0.4) is 0 Å². The summed E-state index contributed by atoms with van der Waals surface area (Å²) in [6, 6.07) is 4.82. The van der Waals surface area contributed by atoms with Crippen LogP contribution in [-0.2, 0) is 33.5 Å². The molecule has 2 heterocycles. The fraction of sp³-hybridized carbons (Fsp3) is 0.412. The van der Waals surface area contributed by atoms with E-state index in [1.54, 1.807) is 39.0 Å². The third-order valence-corrected chi connectivity index (χ3v) is 6.51. The van der Waals surface area contributed by atoms with Crippen LogP contribution in [0.25, 0.3) is 0 Å². The van der Waals surface area contributed by atoms with Crippen molar-refractivity contribution in [2.75, 3.05) is 25.1 Å². The van der Waals surface area contributed by atoms with Crippen LogP contribution in [0.2, 0.25) is 5.02 Å². The quantitative estimate of drug-likeness (QED) is 0.519. The van der Waals surface area contributed by atoms with Crippen molar-refractivity contribution in [3.8, 4) is 0 Å². The molecule has 9 nitrogen and oxygen atoms in total. The molecule has 0 saturated heterocycles. The number of azo groups is 1. The van der Waals surface area contributed by atoms with Gasteiger partial charge in [0.25, 0.3) is 5.91 Å². The number of esters is 1. The maximum Gasteiger partial charge on any atom is 0.382 e. The molecule has 1 atom stereocenters. The second-order valence-electron chi connectivity index (χ2n) is 5.78. The highest BCUT2D eigenvalue weighted by atomic mass is 35.5. The summed E-state index contributed by atoms with van der Waals surface area (Å²) in [4.78, 5) is 25.9. The average molecular weight is 428 g/mol. The van der Waals surface area contributed by atoms with Crippen molar-refractivity contribution in [3.63, 3.8) is 0 Å². The number of carbonyl (C=O) groups is 2. The first kappa shape index (κ1) is 20.7. The van der Waals surface area contributed by atoms with Gasteiger partial charge in [0.05, 0.1) is 19.8 Å². The Bertz CT molecular complexity index is 937. The molecule has 0 bridgehead atoms. The van der Waals surface area contributed by atoms with E-state index in [9.17, 15) is 14.2 Å². The molecule has 1 aromatic carbocycles. The minimum absolute atomic E-state index is 0.0241. The highest BCUT2D eigenvalue weighted by Crippen LogP contribution is 2.64. The molecule has 0 fully saturated rings. The van der Waals surface area contributed by atoms with Crippen LogP contribution in [0.4, 0.5) is 5.69 Å². The lowest BCUT2D eigenvalue weighted by molar-refractivity contribution is -0.140. The highest BCUT2D eigenvalue weighted by molar-refractivity contribution is 7.58. The first-order chi connectivity index (χ1) is 13.4. The molecule has 0 aliphatic carbocycles. The van der Waals surface area contributed by atoms with E-state index in [1.807, 2.05) is 0 Å². The van der Waals surface area contributed by atoms with Gasteiger partial charge in [-0.3, -0.25) is 9.36 Å². The largest absolute Gasteiger partial charge is 0.462 e. The maximum atomic E-state index is 13.3. The van der Waals surface area contributed by atoms with Gasteiger partial charge in [0.15, 0.2) is 5.44 Å². The van der Waals surface area contributed by atoms with E-state index in [2.05, 4.69) is 15.5 Å².